The molecule has 1 amide bonds. The van der Waals surface area contributed by atoms with Gasteiger partial charge in [0.2, 0.25) is 0 Å². The normalized spacial score (nSPS) is 18.2. The highest BCUT2D eigenvalue weighted by atomic mass is 35.5. The van der Waals surface area contributed by atoms with Gasteiger partial charge >= 0.3 is 0 Å². The molecule has 0 spiro atoms. The molecule has 34 heavy (non-hydrogen) atoms. The number of hydrogen-bond donors (Lipinski definition) is 4. The number of halogens is 3. The number of aromatic nitrogens is 5. The molecule has 0 aliphatic heterocycles. The van der Waals surface area contributed by atoms with Gasteiger partial charge in [0.15, 0.2) is 23.3 Å². The first-order valence-electron chi connectivity index (χ1n) is 11.0. The molecule has 2 atom stereocenters. The largest absolute Gasteiger partial charge is 0.365 e. The summed E-state index contributed by atoms with van der Waals surface area (Å²) in [6.45, 7) is 1.83. The average Bonchev–Trinajstić information content (AvgIpc) is 3.42. The van der Waals surface area contributed by atoms with Crippen LogP contribution < -0.4 is 10.6 Å². The molecule has 5 rings (SSSR count). The lowest BCUT2D eigenvalue weighted by atomic mass is 9.91. The van der Waals surface area contributed by atoms with Crippen LogP contribution in [0.4, 0.5) is 14.6 Å². The summed E-state index contributed by atoms with van der Waals surface area (Å²) in [5, 5.41) is 6.90. The van der Waals surface area contributed by atoms with Crippen molar-refractivity contribution < 1.29 is 13.6 Å². The maximum Gasteiger partial charge on any atom is 0.287 e. The number of nitrogens with zero attached hydrogens (tertiary/aromatic N) is 3. The summed E-state index contributed by atoms with van der Waals surface area (Å²) < 4.78 is 28.8. The van der Waals surface area contributed by atoms with Gasteiger partial charge in [0, 0.05) is 46.1 Å². The first-order chi connectivity index (χ1) is 16.4. The maximum atomic E-state index is 14.6. The number of carbonyl (C=O) groups excluding carboxylic acids is 1. The summed E-state index contributed by atoms with van der Waals surface area (Å²) in [5.41, 5.74) is 1.60. The SMILES string of the molecule is Cc1cnc(C(=O)N[C@@H]2CCC[C@H](Nc3nc(-c4c[nH]c5c(F)cc(Cl)cc45)ncc3F)C2)[nH]1. The van der Waals surface area contributed by atoms with Crippen molar-refractivity contribution in [3.05, 3.63) is 58.9 Å². The third-order valence-corrected chi connectivity index (χ3v) is 6.18. The van der Waals surface area contributed by atoms with Crippen LogP contribution in [0.1, 0.15) is 42.0 Å². The molecule has 8 nitrogen and oxygen atoms in total. The van der Waals surface area contributed by atoms with Crippen LogP contribution in [0.5, 0.6) is 0 Å². The van der Waals surface area contributed by atoms with Gasteiger partial charge in [0.1, 0.15) is 5.82 Å². The predicted molar refractivity (Wildman–Crippen MR) is 125 cm³/mol. The van der Waals surface area contributed by atoms with E-state index in [9.17, 15) is 13.6 Å². The van der Waals surface area contributed by atoms with Crippen molar-refractivity contribution in [1.29, 1.82) is 0 Å². The lowest BCUT2D eigenvalue weighted by Gasteiger charge is -2.30. The standard InChI is InChI=1S/C23H22ClF2N7O/c1-11-8-28-22(30-11)23(34)32-14-4-2-3-13(7-14)31-21-18(26)10-29-20(33-21)16-9-27-19-15(16)5-12(24)6-17(19)25/h5-6,8-10,13-14,27H,2-4,7H2,1H3,(H,28,30)(H,32,34)(H,29,31,33)/t13-,14+/m0/s1. The fraction of sp³-hybridized carbons (Fsp3) is 0.304. The molecule has 1 aliphatic carbocycles. The Labute approximate surface area is 198 Å². The minimum Gasteiger partial charge on any atom is -0.365 e. The maximum absolute atomic E-state index is 14.6. The lowest BCUT2D eigenvalue weighted by Crippen LogP contribution is -2.42. The number of rotatable bonds is 5. The number of fused-ring (bicyclic) bond motifs is 1. The molecule has 11 heteroatoms. The number of anilines is 1. The van der Waals surface area contributed by atoms with E-state index in [2.05, 4.69) is 35.6 Å². The number of hydrogen-bond acceptors (Lipinski definition) is 5. The molecule has 0 radical (unpaired) electrons. The van der Waals surface area contributed by atoms with Crippen molar-refractivity contribution in [1.82, 2.24) is 30.2 Å². The van der Waals surface area contributed by atoms with Gasteiger partial charge in [-0.25, -0.2) is 23.7 Å². The lowest BCUT2D eigenvalue weighted by molar-refractivity contribution is 0.0916. The van der Waals surface area contributed by atoms with E-state index < -0.39 is 11.6 Å². The van der Waals surface area contributed by atoms with Crippen molar-refractivity contribution in [2.75, 3.05) is 5.32 Å². The second-order valence-corrected chi connectivity index (χ2v) is 8.93. The van der Waals surface area contributed by atoms with E-state index in [1.807, 2.05) is 6.92 Å². The quantitative estimate of drug-likeness (QED) is 0.326. The van der Waals surface area contributed by atoms with Gasteiger partial charge in [-0.1, -0.05) is 11.6 Å². The highest BCUT2D eigenvalue weighted by Crippen LogP contribution is 2.31. The molecule has 4 N–H and O–H groups in total. The number of carbonyl (C=O) groups is 1. The molecular weight excluding hydrogens is 464 g/mol. The fourth-order valence-electron chi connectivity index (χ4n) is 4.37. The number of imidazole rings is 1. The molecule has 176 valence electrons. The Morgan fingerprint density at radius 3 is 2.76 bits per heavy atom. The van der Waals surface area contributed by atoms with Crippen LogP contribution in [0, 0.1) is 18.6 Å². The van der Waals surface area contributed by atoms with Crippen LogP contribution in [0.25, 0.3) is 22.3 Å². The monoisotopic (exact) mass is 485 g/mol. The Morgan fingerprint density at radius 2 is 1.97 bits per heavy atom. The Morgan fingerprint density at radius 1 is 1.15 bits per heavy atom. The van der Waals surface area contributed by atoms with Crippen molar-refractivity contribution in [3.63, 3.8) is 0 Å². The fourth-order valence-corrected chi connectivity index (χ4v) is 4.57. The third kappa shape index (κ3) is 4.45. The first kappa shape index (κ1) is 22.3. The Kier molecular flexibility index (Phi) is 5.91. The predicted octanol–water partition coefficient (Wildman–Crippen LogP) is 4.74. The number of aryl methyl sites for hydroxylation is 1. The van der Waals surface area contributed by atoms with E-state index in [1.54, 1.807) is 18.5 Å². The average molecular weight is 486 g/mol. The van der Waals surface area contributed by atoms with Gasteiger partial charge in [-0.3, -0.25) is 4.79 Å². The molecular formula is C23H22ClF2N7O. The molecule has 1 aromatic carbocycles. The van der Waals surface area contributed by atoms with E-state index in [4.69, 9.17) is 11.6 Å². The minimum atomic E-state index is -0.593. The van der Waals surface area contributed by atoms with E-state index >= 15 is 0 Å². The molecule has 0 saturated heterocycles. The summed E-state index contributed by atoms with van der Waals surface area (Å²) >= 11 is 6.01. The summed E-state index contributed by atoms with van der Waals surface area (Å²) in [6, 6.07) is 2.66. The molecule has 3 aromatic heterocycles. The van der Waals surface area contributed by atoms with Crippen molar-refractivity contribution >= 4 is 34.2 Å². The molecule has 0 unspecified atom stereocenters. The molecule has 1 fully saturated rings. The van der Waals surface area contributed by atoms with Crippen molar-refractivity contribution in [3.8, 4) is 11.4 Å². The highest BCUT2D eigenvalue weighted by molar-refractivity contribution is 6.31. The van der Waals surface area contributed by atoms with Gasteiger partial charge in [-0.2, -0.15) is 0 Å². The van der Waals surface area contributed by atoms with Crippen molar-refractivity contribution in [2.24, 2.45) is 0 Å². The van der Waals surface area contributed by atoms with Gasteiger partial charge in [0.05, 0.1) is 11.7 Å². The zero-order chi connectivity index (χ0) is 23.8. The van der Waals surface area contributed by atoms with E-state index in [-0.39, 0.29) is 46.0 Å². The van der Waals surface area contributed by atoms with E-state index in [1.165, 1.54) is 6.07 Å². The van der Waals surface area contributed by atoms with E-state index in [0.29, 0.717) is 17.4 Å². The molecule has 3 heterocycles. The van der Waals surface area contributed by atoms with Crippen LogP contribution in [0.3, 0.4) is 0 Å². The third-order valence-electron chi connectivity index (χ3n) is 5.96. The second kappa shape index (κ2) is 9.02. The number of amides is 1. The van der Waals surface area contributed by atoms with E-state index in [0.717, 1.165) is 31.2 Å². The Hall–Kier alpha value is -3.53. The van der Waals surface area contributed by atoms with Gasteiger partial charge < -0.3 is 20.6 Å². The van der Waals surface area contributed by atoms with Gasteiger partial charge in [-0.15, -0.1) is 0 Å². The highest BCUT2D eigenvalue weighted by Gasteiger charge is 2.26. The summed E-state index contributed by atoms with van der Waals surface area (Å²) in [4.78, 5) is 30.7. The van der Waals surface area contributed by atoms with Crippen molar-refractivity contribution in [2.45, 2.75) is 44.7 Å². The van der Waals surface area contributed by atoms with Gasteiger partial charge in [-0.05, 0) is 44.7 Å². The minimum absolute atomic E-state index is 0.0560. The molecule has 4 aromatic rings. The summed E-state index contributed by atoms with van der Waals surface area (Å²) in [7, 11) is 0. The zero-order valence-corrected chi connectivity index (χ0v) is 19.0. The van der Waals surface area contributed by atoms with Crippen LogP contribution in [0.15, 0.2) is 30.7 Å². The van der Waals surface area contributed by atoms with Crippen LogP contribution in [0.2, 0.25) is 5.02 Å². The molecule has 0 bridgehead atoms. The Balaban J connectivity index is 1.33. The number of benzene rings is 1. The number of H-pyrrole nitrogens is 2. The zero-order valence-electron chi connectivity index (χ0n) is 18.3. The first-order valence-corrected chi connectivity index (χ1v) is 11.3. The van der Waals surface area contributed by atoms with Crippen LogP contribution in [-0.2, 0) is 0 Å². The van der Waals surface area contributed by atoms with Crippen LogP contribution >= 0.6 is 11.6 Å². The molecule has 1 saturated carbocycles. The smallest absolute Gasteiger partial charge is 0.287 e. The Bertz CT molecular complexity index is 1370. The summed E-state index contributed by atoms with van der Waals surface area (Å²) in [5.74, 6) is -0.779. The topological polar surface area (TPSA) is 111 Å². The van der Waals surface area contributed by atoms with Crippen LogP contribution in [-0.4, -0.2) is 42.9 Å². The summed E-state index contributed by atoms with van der Waals surface area (Å²) in [6.07, 6.45) is 7.36. The van der Waals surface area contributed by atoms with Gasteiger partial charge in [0.25, 0.3) is 5.91 Å². The molecule has 1 aliphatic rings. The second-order valence-electron chi connectivity index (χ2n) is 8.50. The number of aromatic amines is 2. The number of nitrogens with one attached hydrogen (secondary N) is 4.